The van der Waals surface area contributed by atoms with Gasteiger partial charge in [-0.2, -0.15) is 0 Å². The van der Waals surface area contributed by atoms with Crippen LogP contribution in [0, 0.1) is 0 Å². The third-order valence-corrected chi connectivity index (χ3v) is 5.04. The lowest BCUT2D eigenvalue weighted by Crippen LogP contribution is -2.43. The molecule has 6 nitrogen and oxygen atoms in total. The topological polar surface area (TPSA) is 66.9 Å². The molecule has 2 rings (SSSR count). The van der Waals surface area contributed by atoms with E-state index in [4.69, 9.17) is 4.74 Å². The minimum absolute atomic E-state index is 0.0142. The number of carbonyl (C=O) groups is 3. The van der Waals surface area contributed by atoms with Crippen LogP contribution in [-0.4, -0.2) is 59.7 Å². The first-order chi connectivity index (χ1) is 13.3. The Labute approximate surface area is 167 Å². The molecule has 154 valence electrons. The molecule has 0 saturated carbocycles. The van der Waals surface area contributed by atoms with Crippen molar-refractivity contribution in [2.24, 2.45) is 0 Å². The number of amides is 2. The molecule has 0 spiro atoms. The van der Waals surface area contributed by atoms with Gasteiger partial charge in [0.05, 0.1) is 0 Å². The van der Waals surface area contributed by atoms with Crippen LogP contribution in [0.5, 0.6) is 5.75 Å². The molecular formula is C22H32N2O4. The zero-order valence-electron chi connectivity index (χ0n) is 17.4. The molecule has 1 saturated heterocycles. The molecule has 0 aromatic heterocycles. The number of benzene rings is 1. The fourth-order valence-corrected chi connectivity index (χ4v) is 3.39. The lowest BCUT2D eigenvalue weighted by Gasteiger charge is -2.26. The summed E-state index contributed by atoms with van der Waals surface area (Å²) in [5.74, 6) is 1.00. The van der Waals surface area contributed by atoms with Crippen LogP contribution < -0.4 is 4.74 Å². The number of carbonyl (C=O) groups excluding carboxylic acids is 3. The van der Waals surface area contributed by atoms with E-state index in [0.717, 1.165) is 17.7 Å². The summed E-state index contributed by atoms with van der Waals surface area (Å²) in [4.78, 5) is 39.8. The molecule has 1 unspecified atom stereocenters. The summed E-state index contributed by atoms with van der Waals surface area (Å²) >= 11 is 0. The molecule has 1 heterocycles. The standard InChI is InChI=1S/C22H32N2O4/c1-16(2)19-8-5-6-9-20(19)28-18(4)22(27)24-13-7-12-23(14-15-24)21(26)11-10-17(3)25/h5-6,8-9,16,18H,7,10-15H2,1-4H3. The molecule has 0 N–H and O–H groups in total. The van der Waals surface area contributed by atoms with Crippen molar-refractivity contribution in [2.45, 2.75) is 59.0 Å². The first kappa shape index (κ1) is 21.9. The minimum atomic E-state index is -0.583. The molecule has 2 amide bonds. The second-order valence-electron chi connectivity index (χ2n) is 7.71. The summed E-state index contributed by atoms with van der Waals surface area (Å²) in [6.07, 6.45) is 0.666. The number of para-hydroxylation sites is 1. The third-order valence-electron chi connectivity index (χ3n) is 5.04. The molecule has 1 aromatic rings. The second kappa shape index (κ2) is 10.2. The van der Waals surface area contributed by atoms with Crippen molar-refractivity contribution in [1.82, 2.24) is 9.80 Å². The SMILES string of the molecule is CC(=O)CCC(=O)N1CCCN(C(=O)C(C)Oc2ccccc2C(C)C)CC1. The Morgan fingerprint density at radius 2 is 1.61 bits per heavy atom. The quantitative estimate of drug-likeness (QED) is 0.720. The third kappa shape index (κ3) is 6.08. The fraction of sp³-hybridized carbons (Fsp3) is 0.591. The van der Waals surface area contributed by atoms with E-state index in [1.54, 1.807) is 16.7 Å². The molecule has 1 aliphatic heterocycles. The van der Waals surface area contributed by atoms with Gasteiger partial charge in [0.1, 0.15) is 11.5 Å². The molecule has 0 aliphatic carbocycles. The van der Waals surface area contributed by atoms with Crippen LogP contribution in [-0.2, 0) is 14.4 Å². The Bertz CT molecular complexity index is 702. The number of nitrogens with zero attached hydrogens (tertiary/aromatic N) is 2. The summed E-state index contributed by atoms with van der Waals surface area (Å²) in [5, 5.41) is 0. The lowest BCUT2D eigenvalue weighted by molar-refractivity contribution is -0.138. The fourth-order valence-electron chi connectivity index (χ4n) is 3.39. The highest BCUT2D eigenvalue weighted by Gasteiger charge is 2.26. The predicted octanol–water partition coefficient (Wildman–Crippen LogP) is 3.01. The minimum Gasteiger partial charge on any atom is -0.481 e. The van der Waals surface area contributed by atoms with Gasteiger partial charge in [-0.3, -0.25) is 9.59 Å². The van der Waals surface area contributed by atoms with E-state index >= 15 is 0 Å². The Morgan fingerprint density at radius 3 is 2.29 bits per heavy atom. The molecule has 28 heavy (non-hydrogen) atoms. The van der Waals surface area contributed by atoms with Crippen molar-refractivity contribution < 1.29 is 19.1 Å². The average Bonchev–Trinajstić information content (AvgIpc) is 2.92. The van der Waals surface area contributed by atoms with Gasteiger partial charge in [0.15, 0.2) is 6.10 Å². The summed E-state index contributed by atoms with van der Waals surface area (Å²) < 4.78 is 5.99. The molecule has 1 aliphatic rings. The van der Waals surface area contributed by atoms with Crippen molar-refractivity contribution in [3.05, 3.63) is 29.8 Å². The van der Waals surface area contributed by atoms with E-state index in [1.165, 1.54) is 6.92 Å². The molecule has 0 bridgehead atoms. The van der Waals surface area contributed by atoms with E-state index in [0.29, 0.717) is 32.1 Å². The van der Waals surface area contributed by atoms with Gasteiger partial charge in [-0.1, -0.05) is 32.0 Å². The Kier molecular flexibility index (Phi) is 8.03. The zero-order valence-corrected chi connectivity index (χ0v) is 17.4. The predicted molar refractivity (Wildman–Crippen MR) is 108 cm³/mol. The van der Waals surface area contributed by atoms with Gasteiger partial charge >= 0.3 is 0 Å². The van der Waals surface area contributed by atoms with Gasteiger partial charge in [0.25, 0.3) is 5.91 Å². The van der Waals surface area contributed by atoms with Crippen LogP contribution in [0.15, 0.2) is 24.3 Å². The Hall–Kier alpha value is -2.37. The number of hydrogen-bond donors (Lipinski definition) is 0. The van der Waals surface area contributed by atoms with Gasteiger partial charge in [-0.15, -0.1) is 0 Å². The Morgan fingerprint density at radius 1 is 0.964 bits per heavy atom. The highest BCUT2D eigenvalue weighted by molar-refractivity contribution is 5.84. The van der Waals surface area contributed by atoms with Gasteiger partial charge in [-0.05, 0) is 37.8 Å². The van der Waals surface area contributed by atoms with Crippen LogP contribution in [0.2, 0.25) is 0 Å². The maximum Gasteiger partial charge on any atom is 0.263 e. The molecule has 1 fully saturated rings. The molecule has 1 atom stereocenters. The summed E-state index contributed by atoms with van der Waals surface area (Å²) in [5.41, 5.74) is 1.08. The van der Waals surface area contributed by atoms with E-state index in [1.807, 2.05) is 24.3 Å². The number of ketones is 1. The molecular weight excluding hydrogens is 356 g/mol. The molecule has 6 heteroatoms. The van der Waals surface area contributed by atoms with Crippen LogP contribution in [0.3, 0.4) is 0 Å². The van der Waals surface area contributed by atoms with Gasteiger partial charge in [0, 0.05) is 39.0 Å². The van der Waals surface area contributed by atoms with Gasteiger partial charge < -0.3 is 19.3 Å². The highest BCUT2D eigenvalue weighted by atomic mass is 16.5. The first-order valence-corrected chi connectivity index (χ1v) is 10.1. The molecule has 1 aromatic carbocycles. The Balaban J connectivity index is 1.94. The second-order valence-corrected chi connectivity index (χ2v) is 7.71. The van der Waals surface area contributed by atoms with E-state index in [-0.39, 0.29) is 30.4 Å². The maximum atomic E-state index is 12.9. The monoisotopic (exact) mass is 388 g/mol. The molecule has 0 radical (unpaired) electrons. The summed E-state index contributed by atoms with van der Waals surface area (Å²) in [6, 6.07) is 7.81. The number of Topliss-reactive ketones (excluding diaryl/α,β-unsaturated/α-hetero) is 1. The van der Waals surface area contributed by atoms with Crippen molar-refractivity contribution >= 4 is 17.6 Å². The lowest BCUT2D eigenvalue weighted by atomic mass is 10.0. The van der Waals surface area contributed by atoms with Gasteiger partial charge in [-0.25, -0.2) is 0 Å². The van der Waals surface area contributed by atoms with Crippen molar-refractivity contribution in [3.8, 4) is 5.75 Å². The van der Waals surface area contributed by atoms with Crippen molar-refractivity contribution in [3.63, 3.8) is 0 Å². The van der Waals surface area contributed by atoms with Crippen LogP contribution in [0.4, 0.5) is 0 Å². The summed E-state index contributed by atoms with van der Waals surface area (Å²) in [7, 11) is 0. The van der Waals surface area contributed by atoms with Crippen LogP contribution >= 0.6 is 0 Å². The largest absolute Gasteiger partial charge is 0.481 e. The summed E-state index contributed by atoms with van der Waals surface area (Å²) in [6.45, 7) is 9.68. The maximum absolute atomic E-state index is 12.9. The number of rotatable bonds is 7. The highest BCUT2D eigenvalue weighted by Crippen LogP contribution is 2.27. The van der Waals surface area contributed by atoms with Gasteiger partial charge in [0.2, 0.25) is 5.91 Å². The smallest absolute Gasteiger partial charge is 0.263 e. The average molecular weight is 389 g/mol. The van der Waals surface area contributed by atoms with Crippen molar-refractivity contribution in [1.29, 1.82) is 0 Å². The van der Waals surface area contributed by atoms with Crippen LogP contribution in [0.25, 0.3) is 0 Å². The number of ether oxygens (including phenoxy) is 1. The van der Waals surface area contributed by atoms with E-state index < -0.39 is 6.10 Å². The first-order valence-electron chi connectivity index (χ1n) is 10.1. The van der Waals surface area contributed by atoms with Crippen LogP contribution in [0.1, 0.15) is 58.4 Å². The normalized spacial score (nSPS) is 15.9. The van der Waals surface area contributed by atoms with E-state index in [2.05, 4.69) is 13.8 Å². The zero-order chi connectivity index (χ0) is 20.7. The van der Waals surface area contributed by atoms with Crippen molar-refractivity contribution in [2.75, 3.05) is 26.2 Å². The van der Waals surface area contributed by atoms with E-state index in [9.17, 15) is 14.4 Å². The number of hydrogen-bond acceptors (Lipinski definition) is 4.